The fourth-order valence-corrected chi connectivity index (χ4v) is 2.41. The monoisotopic (exact) mass is 245 g/mol. The summed E-state index contributed by atoms with van der Waals surface area (Å²) >= 11 is 0. The Balaban J connectivity index is 1.60. The van der Waals surface area contributed by atoms with Crippen molar-refractivity contribution in [3.63, 3.8) is 0 Å². The number of ether oxygens (including phenoxy) is 1. The molecule has 0 saturated heterocycles. The van der Waals surface area contributed by atoms with Crippen molar-refractivity contribution in [2.24, 2.45) is 4.99 Å². The standard InChI is InChI=1S/C14H19N3O/c1-9-8-15-14(16-9)17-13-7-12(13)10-4-3-5-11(6-10)18-2/h3-6,9,12-13H,7-8H2,1-2H3,(H2,15,16,17)/t9?,12-,13+/m0/s1. The first kappa shape index (κ1) is 11.4. The number of guanidine groups is 1. The van der Waals surface area contributed by atoms with Crippen LogP contribution < -0.4 is 15.4 Å². The van der Waals surface area contributed by atoms with Gasteiger partial charge in [-0.1, -0.05) is 12.1 Å². The Morgan fingerprint density at radius 1 is 1.44 bits per heavy atom. The highest BCUT2D eigenvalue weighted by Gasteiger charge is 2.39. The molecule has 4 nitrogen and oxygen atoms in total. The molecule has 96 valence electrons. The normalized spacial score (nSPS) is 29.4. The van der Waals surface area contributed by atoms with E-state index in [4.69, 9.17) is 4.74 Å². The quantitative estimate of drug-likeness (QED) is 0.848. The van der Waals surface area contributed by atoms with Crippen molar-refractivity contribution < 1.29 is 4.74 Å². The summed E-state index contributed by atoms with van der Waals surface area (Å²) in [4.78, 5) is 4.43. The van der Waals surface area contributed by atoms with Gasteiger partial charge in [-0.15, -0.1) is 0 Å². The van der Waals surface area contributed by atoms with E-state index in [0.29, 0.717) is 18.0 Å². The van der Waals surface area contributed by atoms with Gasteiger partial charge in [-0.25, -0.2) is 0 Å². The molecule has 3 rings (SSSR count). The third kappa shape index (κ3) is 2.28. The van der Waals surface area contributed by atoms with Gasteiger partial charge in [0.1, 0.15) is 5.75 Å². The number of nitrogens with one attached hydrogen (secondary N) is 2. The minimum atomic E-state index is 0.460. The molecule has 1 aromatic rings. The second kappa shape index (κ2) is 4.52. The van der Waals surface area contributed by atoms with Crippen LogP contribution >= 0.6 is 0 Å². The Bertz CT molecular complexity index is 472. The van der Waals surface area contributed by atoms with E-state index in [1.807, 2.05) is 6.07 Å². The zero-order valence-electron chi connectivity index (χ0n) is 10.8. The van der Waals surface area contributed by atoms with E-state index in [0.717, 1.165) is 18.3 Å². The number of rotatable bonds is 3. The number of nitrogens with zero attached hydrogens (tertiary/aromatic N) is 1. The lowest BCUT2D eigenvalue weighted by Crippen LogP contribution is -2.39. The summed E-state index contributed by atoms with van der Waals surface area (Å²) in [6.07, 6.45) is 1.17. The fraction of sp³-hybridized carbons (Fsp3) is 0.500. The molecule has 2 aliphatic rings. The number of aliphatic imine (C=N–C) groups is 1. The van der Waals surface area contributed by atoms with E-state index in [1.54, 1.807) is 7.11 Å². The molecule has 1 fully saturated rings. The maximum absolute atomic E-state index is 5.26. The van der Waals surface area contributed by atoms with Crippen LogP contribution in [0.2, 0.25) is 0 Å². The third-order valence-electron chi connectivity index (χ3n) is 3.54. The second-order valence-corrected chi connectivity index (χ2v) is 5.10. The van der Waals surface area contributed by atoms with Crippen molar-refractivity contribution in [2.45, 2.75) is 31.3 Å². The molecule has 0 bridgehead atoms. The van der Waals surface area contributed by atoms with E-state index >= 15 is 0 Å². The Hall–Kier alpha value is -1.71. The lowest BCUT2D eigenvalue weighted by atomic mass is 10.1. The van der Waals surface area contributed by atoms with Crippen LogP contribution in [0, 0.1) is 0 Å². The molecule has 1 aliphatic heterocycles. The average molecular weight is 245 g/mol. The number of hydrogen-bond acceptors (Lipinski definition) is 4. The Kier molecular flexibility index (Phi) is 2.86. The van der Waals surface area contributed by atoms with Crippen molar-refractivity contribution in [1.82, 2.24) is 10.6 Å². The first-order chi connectivity index (χ1) is 8.76. The topological polar surface area (TPSA) is 45.6 Å². The van der Waals surface area contributed by atoms with Gasteiger partial charge in [-0.2, -0.15) is 0 Å². The van der Waals surface area contributed by atoms with Gasteiger partial charge in [0.2, 0.25) is 0 Å². The summed E-state index contributed by atoms with van der Waals surface area (Å²) in [7, 11) is 1.71. The lowest BCUT2D eigenvalue weighted by molar-refractivity contribution is 0.414. The maximum Gasteiger partial charge on any atom is 0.191 e. The number of benzene rings is 1. The van der Waals surface area contributed by atoms with Gasteiger partial charge in [-0.05, 0) is 31.0 Å². The molecular weight excluding hydrogens is 226 g/mol. The summed E-state index contributed by atoms with van der Waals surface area (Å²) in [5, 5.41) is 6.80. The Morgan fingerprint density at radius 3 is 3.06 bits per heavy atom. The van der Waals surface area contributed by atoms with Crippen LogP contribution in [0.4, 0.5) is 0 Å². The molecule has 2 N–H and O–H groups in total. The van der Waals surface area contributed by atoms with E-state index in [2.05, 4.69) is 40.7 Å². The minimum Gasteiger partial charge on any atom is -0.497 e. The largest absolute Gasteiger partial charge is 0.497 e. The van der Waals surface area contributed by atoms with Gasteiger partial charge in [0.25, 0.3) is 0 Å². The molecule has 0 spiro atoms. The lowest BCUT2D eigenvalue weighted by Gasteiger charge is -2.09. The Morgan fingerprint density at radius 2 is 2.33 bits per heavy atom. The average Bonchev–Trinajstić information content (AvgIpc) is 3.04. The van der Waals surface area contributed by atoms with Gasteiger partial charge < -0.3 is 15.4 Å². The van der Waals surface area contributed by atoms with Gasteiger partial charge >= 0.3 is 0 Å². The van der Waals surface area contributed by atoms with Crippen LogP contribution in [0.25, 0.3) is 0 Å². The maximum atomic E-state index is 5.26. The Labute approximate surface area is 107 Å². The predicted octanol–water partition coefficient (Wildman–Crippen LogP) is 1.49. The van der Waals surface area contributed by atoms with Crippen molar-refractivity contribution >= 4 is 5.96 Å². The smallest absolute Gasteiger partial charge is 0.191 e. The van der Waals surface area contributed by atoms with Crippen LogP contribution in [0.3, 0.4) is 0 Å². The molecule has 0 radical (unpaired) electrons. The van der Waals surface area contributed by atoms with E-state index in [9.17, 15) is 0 Å². The summed E-state index contributed by atoms with van der Waals surface area (Å²) in [6.45, 7) is 3.02. The molecule has 3 atom stereocenters. The number of methoxy groups -OCH3 is 1. The summed E-state index contributed by atoms with van der Waals surface area (Å²) in [5.74, 6) is 2.47. The third-order valence-corrected chi connectivity index (χ3v) is 3.54. The highest BCUT2D eigenvalue weighted by atomic mass is 16.5. The van der Waals surface area contributed by atoms with Gasteiger partial charge in [0.05, 0.1) is 13.7 Å². The van der Waals surface area contributed by atoms with Gasteiger partial charge in [-0.3, -0.25) is 4.99 Å². The molecule has 18 heavy (non-hydrogen) atoms. The molecule has 0 amide bonds. The van der Waals surface area contributed by atoms with Crippen molar-refractivity contribution in [3.05, 3.63) is 29.8 Å². The van der Waals surface area contributed by atoms with E-state index < -0.39 is 0 Å². The van der Waals surface area contributed by atoms with Crippen LogP contribution in [-0.4, -0.2) is 31.7 Å². The first-order valence-electron chi connectivity index (χ1n) is 6.48. The molecule has 0 aromatic heterocycles. The summed E-state index contributed by atoms with van der Waals surface area (Å²) < 4.78 is 5.26. The van der Waals surface area contributed by atoms with E-state index in [-0.39, 0.29) is 0 Å². The highest BCUT2D eigenvalue weighted by Crippen LogP contribution is 2.41. The molecule has 1 unspecified atom stereocenters. The summed E-state index contributed by atoms with van der Waals surface area (Å²) in [5.41, 5.74) is 1.35. The SMILES string of the molecule is COc1cccc([C@@H]2C[C@H]2NC2=NCC(C)N2)c1. The molecule has 1 heterocycles. The van der Waals surface area contributed by atoms with Crippen LogP contribution in [-0.2, 0) is 0 Å². The molecular formula is C14H19N3O. The molecule has 1 aliphatic carbocycles. The van der Waals surface area contributed by atoms with Crippen molar-refractivity contribution in [3.8, 4) is 5.75 Å². The van der Waals surface area contributed by atoms with E-state index in [1.165, 1.54) is 12.0 Å². The minimum absolute atomic E-state index is 0.460. The number of hydrogen-bond donors (Lipinski definition) is 2. The molecule has 4 heteroatoms. The van der Waals surface area contributed by atoms with Crippen LogP contribution in [0.5, 0.6) is 5.75 Å². The van der Waals surface area contributed by atoms with Crippen LogP contribution in [0.1, 0.15) is 24.8 Å². The zero-order chi connectivity index (χ0) is 12.5. The molecule has 1 aromatic carbocycles. The molecule has 1 saturated carbocycles. The van der Waals surface area contributed by atoms with Crippen LogP contribution in [0.15, 0.2) is 29.3 Å². The van der Waals surface area contributed by atoms with Crippen molar-refractivity contribution in [2.75, 3.05) is 13.7 Å². The predicted molar refractivity (Wildman–Crippen MR) is 72.2 cm³/mol. The second-order valence-electron chi connectivity index (χ2n) is 5.10. The highest BCUT2D eigenvalue weighted by molar-refractivity contribution is 5.82. The van der Waals surface area contributed by atoms with Gasteiger partial charge in [0, 0.05) is 18.0 Å². The van der Waals surface area contributed by atoms with Crippen molar-refractivity contribution in [1.29, 1.82) is 0 Å². The fourth-order valence-electron chi connectivity index (χ4n) is 2.41. The summed E-state index contributed by atoms with van der Waals surface area (Å²) in [6, 6.07) is 9.30. The zero-order valence-corrected chi connectivity index (χ0v) is 10.8. The first-order valence-corrected chi connectivity index (χ1v) is 6.48. The van der Waals surface area contributed by atoms with Gasteiger partial charge in [0.15, 0.2) is 5.96 Å².